The molecule has 0 fully saturated rings. The summed E-state index contributed by atoms with van der Waals surface area (Å²) >= 11 is 3.36. The van der Waals surface area contributed by atoms with E-state index in [0.717, 1.165) is 16.6 Å². The summed E-state index contributed by atoms with van der Waals surface area (Å²) < 4.78 is 6.35. The minimum atomic E-state index is -0.172. The highest BCUT2D eigenvalue weighted by molar-refractivity contribution is 9.10. The van der Waals surface area contributed by atoms with Gasteiger partial charge in [0.05, 0.1) is 0 Å². The highest BCUT2D eigenvalue weighted by Crippen LogP contribution is 2.17. The Labute approximate surface area is 127 Å². The second kappa shape index (κ2) is 7.10. The Morgan fingerprint density at radius 2 is 1.95 bits per heavy atom. The van der Waals surface area contributed by atoms with Gasteiger partial charge >= 0.3 is 0 Å². The number of benzene rings is 2. The van der Waals surface area contributed by atoms with Crippen molar-refractivity contribution >= 4 is 27.5 Å². The van der Waals surface area contributed by atoms with Gasteiger partial charge in [0, 0.05) is 10.2 Å². The average molecular weight is 334 g/mol. The third-order valence-corrected chi connectivity index (χ3v) is 3.31. The second-order valence-electron chi connectivity index (χ2n) is 4.34. The topological polar surface area (TPSA) is 38.3 Å². The van der Waals surface area contributed by atoms with E-state index in [2.05, 4.69) is 28.2 Å². The van der Waals surface area contributed by atoms with Crippen molar-refractivity contribution in [3.05, 3.63) is 58.6 Å². The van der Waals surface area contributed by atoms with Crippen LogP contribution in [0.1, 0.15) is 12.5 Å². The molecular formula is C16H16BrNO2. The van der Waals surface area contributed by atoms with E-state index in [0.29, 0.717) is 5.75 Å². The highest BCUT2D eigenvalue weighted by atomic mass is 79.9. The zero-order valence-electron chi connectivity index (χ0n) is 11.2. The van der Waals surface area contributed by atoms with Gasteiger partial charge in [0.25, 0.3) is 5.91 Å². The number of halogens is 1. The van der Waals surface area contributed by atoms with E-state index in [4.69, 9.17) is 4.74 Å². The largest absolute Gasteiger partial charge is 0.484 e. The van der Waals surface area contributed by atoms with Crippen LogP contribution in [-0.4, -0.2) is 12.5 Å². The van der Waals surface area contributed by atoms with Gasteiger partial charge in [-0.2, -0.15) is 0 Å². The van der Waals surface area contributed by atoms with Crippen molar-refractivity contribution in [2.75, 3.05) is 11.9 Å². The van der Waals surface area contributed by atoms with E-state index < -0.39 is 0 Å². The Hall–Kier alpha value is -1.81. The average Bonchev–Trinajstić information content (AvgIpc) is 2.46. The molecule has 2 aromatic carbocycles. The summed E-state index contributed by atoms with van der Waals surface area (Å²) in [7, 11) is 0. The first-order valence-corrected chi connectivity index (χ1v) is 7.24. The maximum absolute atomic E-state index is 11.8. The Bertz CT molecular complexity index is 581. The summed E-state index contributed by atoms with van der Waals surface area (Å²) in [6.45, 7) is 2.09. The molecule has 4 heteroatoms. The van der Waals surface area contributed by atoms with E-state index in [1.807, 2.05) is 48.5 Å². The van der Waals surface area contributed by atoms with Gasteiger partial charge in [-0.05, 0) is 42.3 Å². The lowest BCUT2D eigenvalue weighted by atomic mass is 10.1. The fraction of sp³-hybridized carbons (Fsp3) is 0.188. The van der Waals surface area contributed by atoms with Gasteiger partial charge in [0.1, 0.15) is 5.75 Å². The molecule has 0 aliphatic carbocycles. The van der Waals surface area contributed by atoms with Crippen LogP contribution >= 0.6 is 15.9 Å². The maximum Gasteiger partial charge on any atom is 0.262 e. The molecule has 0 radical (unpaired) electrons. The van der Waals surface area contributed by atoms with Gasteiger partial charge in [-0.15, -0.1) is 0 Å². The van der Waals surface area contributed by atoms with Crippen molar-refractivity contribution in [3.63, 3.8) is 0 Å². The van der Waals surface area contributed by atoms with Crippen molar-refractivity contribution < 1.29 is 9.53 Å². The van der Waals surface area contributed by atoms with E-state index in [1.54, 1.807) is 0 Å². The van der Waals surface area contributed by atoms with Crippen molar-refractivity contribution in [1.29, 1.82) is 0 Å². The molecule has 0 heterocycles. The molecule has 1 amide bonds. The van der Waals surface area contributed by atoms with Crippen LogP contribution in [-0.2, 0) is 11.2 Å². The molecule has 2 aromatic rings. The molecule has 1 N–H and O–H groups in total. The van der Waals surface area contributed by atoms with Gasteiger partial charge in [0.15, 0.2) is 6.61 Å². The monoisotopic (exact) mass is 333 g/mol. The highest BCUT2D eigenvalue weighted by Gasteiger charge is 2.04. The zero-order chi connectivity index (χ0) is 14.4. The van der Waals surface area contributed by atoms with E-state index in [-0.39, 0.29) is 12.5 Å². The molecule has 0 bridgehead atoms. The summed E-state index contributed by atoms with van der Waals surface area (Å²) in [6.07, 6.45) is 0.986. The number of ether oxygens (including phenoxy) is 1. The molecule has 3 nitrogen and oxygen atoms in total. The summed E-state index contributed by atoms with van der Waals surface area (Å²) in [5.74, 6) is 0.491. The van der Waals surface area contributed by atoms with Crippen LogP contribution in [0.15, 0.2) is 53.0 Å². The van der Waals surface area contributed by atoms with E-state index in [1.165, 1.54) is 5.56 Å². The molecule has 20 heavy (non-hydrogen) atoms. The molecule has 2 rings (SSSR count). The van der Waals surface area contributed by atoms with Crippen LogP contribution in [0.2, 0.25) is 0 Å². The third kappa shape index (κ3) is 4.38. The van der Waals surface area contributed by atoms with Crippen LogP contribution in [0.3, 0.4) is 0 Å². The van der Waals surface area contributed by atoms with E-state index >= 15 is 0 Å². The number of aryl methyl sites for hydroxylation is 1. The minimum Gasteiger partial charge on any atom is -0.484 e. The van der Waals surface area contributed by atoms with Gasteiger partial charge < -0.3 is 10.1 Å². The summed E-state index contributed by atoms with van der Waals surface area (Å²) in [6, 6.07) is 15.2. The predicted molar refractivity (Wildman–Crippen MR) is 84.1 cm³/mol. The smallest absolute Gasteiger partial charge is 0.262 e. The Morgan fingerprint density at radius 3 is 2.60 bits per heavy atom. The van der Waals surface area contributed by atoms with Crippen molar-refractivity contribution in [2.45, 2.75) is 13.3 Å². The number of nitrogens with one attached hydrogen (secondary N) is 1. The number of anilines is 1. The number of carbonyl (C=O) groups excluding carboxylic acids is 1. The third-order valence-electron chi connectivity index (χ3n) is 2.81. The molecular weight excluding hydrogens is 318 g/mol. The number of hydrogen-bond acceptors (Lipinski definition) is 2. The van der Waals surface area contributed by atoms with Crippen LogP contribution in [0, 0.1) is 0 Å². The normalized spacial score (nSPS) is 10.1. The summed E-state index contributed by atoms with van der Waals surface area (Å²) in [5, 5.41) is 2.80. The molecule has 0 aliphatic rings. The zero-order valence-corrected chi connectivity index (χ0v) is 12.8. The summed E-state index contributed by atoms with van der Waals surface area (Å²) in [5.41, 5.74) is 2.03. The Morgan fingerprint density at radius 1 is 1.20 bits per heavy atom. The molecule has 0 saturated heterocycles. The minimum absolute atomic E-state index is 0.00795. The fourth-order valence-electron chi connectivity index (χ4n) is 1.73. The lowest BCUT2D eigenvalue weighted by Crippen LogP contribution is -2.20. The lowest BCUT2D eigenvalue weighted by Gasteiger charge is -2.08. The fourth-order valence-corrected chi connectivity index (χ4v) is 2.10. The van der Waals surface area contributed by atoms with Gasteiger partial charge in [0.2, 0.25) is 0 Å². The first-order valence-electron chi connectivity index (χ1n) is 6.44. The molecule has 0 atom stereocenters. The molecule has 0 aromatic heterocycles. The number of hydrogen-bond donors (Lipinski definition) is 1. The Kier molecular flexibility index (Phi) is 5.18. The van der Waals surface area contributed by atoms with Gasteiger partial charge in [-0.1, -0.05) is 41.1 Å². The molecule has 0 saturated carbocycles. The molecule has 0 aliphatic heterocycles. The van der Waals surface area contributed by atoms with Crippen molar-refractivity contribution in [2.24, 2.45) is 0 Å². The van der Waals surface area contributed by atoms with E-state index in [9.17, 15) is 4.79 Å². The first kappa shape index (κ1) is 14.6. The van der Waals surface area contributed by atoms with Crippen molar-refractivity contribution in [1.82, 2.24) is 0 Å². The number of rotatable bonds is 5. The maximum atomic E-state index is 11.8. The number of amides is 1. The SMILES string of the molecule is CCc1ccc(NC(=O)COc2cccc(Br)c2)cc1. The van der Waals surface area contributed by atoms with Gasteiger partial charge in [-0.25, -0.2) is 0 Å². The number of carbonyl (C=O) groups is 1. The van der Waals surface area contributed by atoms with Gasteiger partial charge in [-0.3, -0.25) is 4.79 Å². The quantitative estimate of drug-likeness (QED) is 0.897. The summed E-state index contributed by atoms with van der Waals surface area (Å²) in [4.78, 5) is 11.8. The second-order valence-corrected chi connectivity index (χ2v) is 5.26. The van der Waals surface area contributed by atoms with Crippen LogP contribution in [0.25, 0.3) is 0 Å². The predicted octanol–water partition coefficient (Wildman–Crippen LogP) is 4.03. The van der Waals surface area contributed by atoms with Crippen LogP contribution < -0.4 is 10.1 Å². The first-order chi connectivity index (χ1) is 9.67. The van der Waals surface area contributed by atoms with Crippen molar-refractivity contribution in [3.8, 4) is 5.75 Å². The lowest BCUT2D eigenvalue weighted by molar-refractivity contribution is -0.118. The Balaban J connectivity index is 1.85. The molecule has 0 spiro atoms. The molecule has 104 valence electrons. The molecule has 0 unspecified atom stereocenters. The van der Waals surface area contributed by atoms with Crippen LogP contribution in [0.5, 0.6) is 5.75 Å². The standard InChI is InChI=1S/C16H16BrNO2/c1-2-12-6-8-14(9-7-12)18-16(19)11-20-15-5-3-4-13(17)10-15/h3-10H,2,11H2,1H3,(H,18,19). The van der Waals surface area contributed by atoms with Crippen LogP contribution in [0.4, 0.5) is 5.69 Å².